The van der Waals surface area contributed by atoms with Crippen LogP contribution in [0.3, 0.4) is 0 Å². The first kappa shape index (κ1) is 18.8. The third-order valence-corrected chi connectivity index (χ3v) is 4.11. The van der Waals surface area contributed by atoms with Gasteiger partial charge in [0.25, 0.3) is 11.7 Å². The van der Waals surface area contributed by atoms with E-state index in [0.29, 0.717) is 22.7 Å². The zero-order chi connectivity index (χ0) is 19.8. The van der Waals surface area contributed by atoms with Crippen LogP contribution in [0.4, 0.5) is 18.9 Å². The SMILES string of the molecule is COc1ccc2[nH]cc(C(=O)C(=O)Nc3ccc(Cl)cc3C(F)(F)F)c2c1. The number of ketones is 1. The van der Waals surface area contributed by atoms with E-state index in [1.54, 1.807) is 18.2 Å². The van der Waals surface area contributed by atoms with Crippen molar-refractivity contribution in [1.82, 2.24) is 4.98 Å². The molecule has 2 aromatic carbocycles. The van der Waals surface area contributed by atoms with Crippen molar-refractivity contribution in [2.75, 3.05) is 12.4 Å². The largest absolute Gasteiger partial charge is 0.497 e. The summed E-state index contributed by atoms with van der Waals surface area (Å²) >= 11 is 5.60. The fraction of sp³-hybridized carbons (Fsp3) is 0.111. The maximum absolute atomic E-state index is 13.1. The van der Waals surface area contributed by atoms with Crippen LogP contribution in [-0.2, 0) is 11.0 Å². The number of alkyl halides is 3. The molecular formula is C18H12ClF3N2O3. The molecule has 3 aromatic rings. The smallest absolute Gasteiger partial charge is 0.418 e. The number of anilines is 1. The summed E-state index contributed by atoms with van der Waals surface area (Å²) < 4.78 is 44.5. The number of methoxy groups -OCH3 is 1. The van der Waals surface area contributed by atoms with Crippen molar-refractivity contribution in [1.29, 1.82) is 0 Å². The number of hydrogen-bond donors (Lipinski definition) is 2. The number of fused-ring (bicyclic) bond motifs is 1. The molecule has 0 fully saturated rings. The Morgan fingerprint density at radius 2 is 1.89 bits per heavy atom. The highest BCUT2D eigenvalue weighted by Crippen LogP contribution is 2.36. The number of rotatable bonds is 4. The molecule has 1 heterocycles. The van der Waals surface area contributed by atoms with Crippen LogP contribution in [0.1, 0.15) is 15.9 Å². The minimum Gasteiger partial charge on any atom is -0.497 e. The first-order chi connectivity index (χ1) is 12.7. The van der Waals surface area contributed by atoms with Crippen LogP contribution in [0.5, 0.6) is 5.75 Å². The molecule has 0 bridgehead atoms. The number of carbonyl (C=O) groups excluding carboxylic acids is 2. The van der Waals surface area contributed by atoms with Crippen LogP contribution in [-0.4, -0.2) is 23.8 Å². The predicted molar refractivity (Wildman–Crippen MR) is 94.3 cm³/mol. The zero-order valence-electron chi connectivity index (χ0n) is 13.8. The number of ether oxygens (including phenoxy) is 1. The first-order valence-corrected chi connectivity index (χ1v) is 7.96. The summed E-state index contributed by atoms with van der Waals surface area (Å²) in [6.45, 7) is 0. The second kappa shape index (κ2) is 6.96. The summed E-state index contributed by atoms with van der Waals surface area (Å²) in [4.78, 5) is 27.6. The van der Waals surface area contributed by atoms with Crippen LogP contribution in [0.15, 0.2) is 42.6 Å². The number of benzene rings is 2. The molecule has 0 saturated carbocycles. The molecule has 9 heteroatoms. The zero-order valence-corrected chi connectivity index (χ0v) is 14.5. The van der Waals surface area contributed by atoms with E-state index in [9.17, 15) is 22.8 Å². The number of amides is 1. The van der Waals surface area contributed by atoms with Gasteiger partial charge < -0.3 is 15.0 Å². The van der Waals surface area contributed by atoms with Gasteiger partial charge in [0.2, 0.25) is 0 Å². The van der Waals surface area contributed by atoms with Crippen molar-refractivity contribution in [3.8, 4) is 5.75 Å². The van der Waals surface area contributed by atoms with Crippen molar-refractivity contribution in [3.05, 3.63) is 58.7 Å². The van der Waals surface area contributed by atoms with E-state index in [2.05, 4.69) is 4.98 Å². The van der Waals surface area contributed by atoms with E-state index in [1.165, 1.54) is 19.4 Å². The lowest BCUT2D eigenvalue weighted by Gasteiger charge is -2.13. The van der Waals surface area contributed by atoms with Crippen LogP contribution in [0, 0.1) is 0 Å². The Labute approximate surface area is 156 Å². The van der Waals surface area contributed by atoms with Gasteiger partial charge in [0.15, 0.2) is 0 Å². The van der Waals surface area contributed by atoms with Gasteiger partial charge in [-0.1, -0.05) is 11.6 Å². The second-order valence-electron chi connectivity index (χ2n) is 5.58. The summed E-state index contributed by atoms with van der Waals surface area (Å²) in [7, 11) is 1.45. The Balaban J connectivity index is 1.93. The fourth-order valence-electron chi connectivity index (χ4n) is 2.58. The van der Waals surface area contributed by atoms with Gasteiger partial charge in [-0.3, -0.25) is 9.59 Å². The quantitative estimate of drug-likeness (QED) is 0.497. The molecule has 0 spiro atoms. The van der Waals surface area contributed by atoms with E-state index in [1.807, 2.05) is 5.32 Å². The van der Waals surface area contributed by atoms with Crippen molar-refractivity contribution in [2.24, 2.45) is 0 Å². The van der Waals surface area contributed by atoms with Crippen LogP contribution in [0.2, 0.25) is 5.02 Å². The number of carbonyl (C=O) groups is 2. The van der Waals surface area contributed by atoms with Gasteiger partial charge in [-0.2, -0.15) is 13.2 Å². The average molecular weight is 397 g/mol. The van der Waals surface area contributed by atoms with Crippen molar-refractivity contribution < 1.29 is 27.5 Å². The molecule has 5 nitrogen and oxygen atoms in total. The molecule has 1 amide bonds. The van der Waals surface area contributed by atoms with Gasteiger partial charge in [0, 0.05) is 22.1 Å². The van der Waals surface area contributed by atoms with Gasteiger partial charge in [0.05, 0.1) is 23.9 Å². The standard InChI is InChI=1S/C18H12ClF3N2O3/c1-27-10-3-5-14-11(7-10)12(8-23-14)16(25)17(26)24-15-4-2-9(19)6-13(15)18(20,21)22/h2-8,23H,1H3,(H,24,26). The van der Waals surface area contributed by atoms with Crippen molar-refractivity contribution in [3.63, 3.8) is 0 Å². The monoisotopic (exact) mass is 396 g/mol. The molecule has 3 rings (SSSR count). The second-order valence-corrected chi connectivity index (χ2v) is 6.02. The number of H-pyrrole nitrogens is 1. The van der Waals surface area contributed by atoms with Crippen molar-refractivity contribution >= 4 is 39.9 Å². The summed E-state index contributed by atoms with van der Waals surface area (Å²) in [5.41, 5.74) is -1.10. The highest BCUT2D eigenvalue weighted by Gasteiger charge is 2.35. The van der Waals surface area contributed by atoms with E-state index < -0.39 is 29.1 Å². The molecule has 0 radical (unpaired) electrons. The van der Waals surface area contributed by atoms with E-state index in [0.717, 1.165) is 6.07 Å². The van der Waals surface area contributed by atoms with Gasteiger partial charge >= 0.3 is 6.18 Å². The lowest BCUT2D eigenvalue weighted by molar-refractivity contribution is -0.137. The molecule has 0 aliphatic carbocycles. The van der Waals surface area contributed by atoms with Crippen LogP contribution in [0.25, 0.3) is 10.9 Å². The molecule has 0 aliphatic rings. The summed E-state index contributed by atoms with van der Waals surface area (Å²) in [6.07, 6.45) is -3.43. The van der Waals surface area contributed by atoms with E-state index in [-0.39, 0.29) is 10.6 Å². The first-order valence-electron chi connectivity index (χ1n) is 7.58. The van der Waals surface area contributed by atoms with E-state index in [4.69, 9.17) is 16.3 Å². The topological polar surface area (TPSA) is 71.2 Å². The Morgan fingerprint density at radius 3 is 2.56 bits per heavy atom. The highest BCUT2D eigenvalue weighted by atomic mass is 35.5. The number of Topliss-reactive ketones (excluding diaryl/α,β-unsaturated/α-hetero) is 1. The van der Waals surface area contributed by atoms with Crippen molar-refractivity contribution in [2.45, 2.75) is 6.18 Å². The van der Waals surface area contributed by atoms with Crippen LogP contribution < -0.4 is 10.1 Å². The lowest BCUT2D eigenvalue weighted by Crippen LogP contribution is -2.24. The molecule has 0 aliphatic heterocycles. The summed E-state index contributed by atoms with van der Waals surface area (Å²) in [5.74, 6) is -1.72. The molecular weight excluding hydrogens is 385 g/mol. The third-order valence-electron chi connectivity index (χ3n) is 3.87. The molecule has 0 unspecified atom stereocenters. The van der Waals surface area contributed by atoms with Gasteiger partial charge in [-0.15, -0.1) is 0 Å². The predicted octanol–water partition coefficient (Wildman–Crippen LogP) is 4.67. The fourth-order valence-corrected chi connectivity index (χ4v) is 2.75. The number of aromatic nitrogens is 1. The number of hydrogen-bond acceptors (Lipinski definition) is 3. The number of nitrogens with one attached hydrogen (secondary N) is 2. The molecule has 2 N–H and O–H groups in total. The van der Waals surface area contributed by atoms with Gasteiger partial charge in [-0.05, 0) is 36.4 Å². The third kappa shape index (κ3) is 3.75. The Bertz CT molecular complexity index is 1040. The lowest BCUT2D eigenvalue weighted by atomic mass is 10.1. The number of aromatic amines is 1. The van der Waals surface area contributed by atoms with Crippen LogP contribution >= 0.6 is 11.6 Å². The van der Waals surface area contributed by atoms with E-state index >= 15 is 0 Å². The molecule has 1 aromatic heterocycles. The maximum Gasteiger partial charge on any atom is 0.418 e. The normalized spacial score (nSPS) is 11.4. The number of halogens is 4. The Kier molecular flexibility index (Phi) is 4.84. The highest BCUT2D eigenvalue weighted by molar-refractivity contribution is 6.48. The summed E-state index contributed by atoms with van der Waals surface area (Å²) in [6, 6.07) is 7.73. The van der Waals surface area contributed by atoms with Gasteiger partial charge in [-0.25, -0.2) is 0 Å². The minimum absolute atomic E-state index is 0.0175. The van der Waals surface area contributed by atoms with Gasteiger partial charge in [0.1, 0.15) is 5.75 Å². The maximum atomic E-state index is 13.1. The molecule has 140 valence electrons. The molecule has 0 atom stereocenters. The Hall–Kier alpha value is -3.00. The average Bonchev–Trinajstić information content (AvgIpc) is 3.04. The Morgan fingerprint density at radius 1 is 1.15 bits per heavy atom. The molecule has 27 heavy (non-hydrogen) atoms. The minimum atomic E-state index is -4.75. The molecule has 0 saturated heterocycles. The summed E-state index contributed by atoms with van der Waals surface area (Å²) in [5, 5.41) is 2.29.